The zero-order valence-corrected chi connectivity index (χ0v) is 17.9. The van der Waals surface area contributed by atoms with E-state index in [2.05, 4.69) is 9.13 Å². The fourth-order valence-corrected chi connectivity index (χ4v) is 2.99. The average Bonchev–Trinajstić information content (AvgIpc) is 2.63. The van der Waals surface area contributed by atoms with Crippen LogP contribution in [0.1, 0.15) is 37.5 Å². The predicted molar refractivity (Wildman–Crippen MR) is 103 cm³/mol. The van der Waals surface area contributed by atoms with Crippen molar-refractivity contribution in [3.8, 4) is 5.75 Å². The molecule has 2 aromatic rings. The van der Waals surface area contributed by atoms with E-state index in [1.165, 1.54) is 20.8 Å². The van der Waals surface area contributed by atoms with Crippen molar-refractivity contribution in [2.24, 2.45) is 4.40 Å². The third-order valence-corrected chi connectivity index (χ3v) is 5.29. The molecule has 0 N–H and O–H groups in total. The summed E-state index contributed by atoms with van der Waals surface area (Å²) in [4.78, 5) is 0. The Balaban J connectivity index is 2.74. The van der Waals surface area contributed by atoms with E-state index in [4.69, 9.17) is 0 Å². The lowest BCUT2D eigenvalue weighted by atomic mass is 9.99. The molecule has 0 spiro atoms. The Hall–Kier alpha value is -2.57. The van der Waals surface area contributed by atoms with Gasteiger partial charge in [0, 0.05) is 17.2 Å². The standard InChI is InChI=1S/C20H16F9NO2S/c1-18(2,3)33(31)30-16(10-4-5-15(22)14(8-10)19(25,26)27)11-6-12(21)9-13(7-11)32-20(28,29)17(23)24/h4-9,17H,1-3H3/b30-16-/t33-/m1/s1. The summed E-state index contributed by atoms with van der Waals surface area (Å²) in [5, 5.41) is 0. The van der Waals surface area contributed by atoms with Crippen molar-refractivity contribution >= 4 is 16.7 Å². The summed E-state index contributed by atoms with van der Waals surface area (Å²) in [6, 6.07) is 3.15. The first-order valence-corrected chi connectivity index (χ1v) is 10.1. The molecule has 3 nitrogen and oxygen atoms in total. The first-order valence-electron chi connectivity index (χ1n) is 8.95. The smallest absolute Gasteiger partial charge is 0.428 e. The molecule has 0 amide bonds. The van der Waals surface area contributed by atoms with E-state index in [9.17, 15) is 43.7 Å². The molecule has 182 valence electrons. The predicted octanol–water partition coefficient (Wildman–Crippen LogP) is 6.52. The molecule has 0 aliphatic carbocycles. The van der Waals surface area contributed by atoms with Gasteiger partial charge in [-0.2, -0.15) is 35.1 Å². The number of halogens is 9. The van der Waals surface area contributed by atoms with Crippen LogP contribution >= 0.6 is 0 Å². The Morgan fingerprint density at radius 3 is 2.06 bits per heavy atom. The van der Waals surface area contributed by atoms with Crippen LogP contribution in [0.2, 0.25) is 0 Å². The molecule has 0 unspecified atom stereocenters. The van der Waals surface area contributed by atoms with Crippen LogP contribution in [0.15, 0.2) is 40.8 Å². The highest BCUT2D eigenvalue weighted by atomic mass is 32.2. The van der Waals surface area contributed by atoms with Gasteiger partial charge in [0.1, 0.15) is 28.4 Å². The van der Waals surface area contributed by atoms with Crippen molar-refractivity contribution in [3.05, 3.63) is 64.7 Å². The highest BCUT2D eigenvalue weighted by Gasteiger charge is 2.44. The fraction of sp³-hybridized carbons (Fsp3) is 0.350. The highest BCUT2D eigenvalue weighted by Crippen LogP contribution is 2.34. The lowest BCUT2D eigenvalue weighted by Crippen LogP contribution is -2.33. The van der Waals surface area contributed by atoms with Crippen molar-refractivity contribution in [2.75, 3.05) is 0 Å². The molecule has 2 rings (SSSR count). The topological polar surface area (TPSA) is 38.7 Å². The van der Waals surface area contributed by atoms with Gasteiger partial charge in [0.15, 0.2) is 0 Å². The van der Waals surface area contributed by atoms with E-state index < -0.39 is 74.2 Å². The summed E-state index contributed by atoms with van der Waals surface area (Å²) in [5.74, 6) is -4.02. The molecule has 0 aromatic heterocycles. The van der Waals surface area contributed by atoms with Gasteiger partial charge < -0.3 is 4.74 Å². The lowest BCUT2D eigenvalue weighted by Gasteiger charge is -2.19. The van der Waals surface area contributed by atoms with Crippen LogP contribution in [0.3, 0.4) is 0 Å². The molecule has 2 aromatic carbocycles. The Labute approximate surface area is 184 Å². The second-order valence-corrected chi connectivity index (χ2v) is 9.54. The van der Waals surface area contributed by atoms with E-state index in [0.29, 0.717) is 30.3 Å². The van der Waals surface area contributed by atoms with Gasteiger partial charge in [-0.05, 0) is 51.1 Å². The second-order valence-electron chi connectivity index (χ2n) is 7.63. The molecule has 0 radical (unpaired) electrons. The van der Waals surface area contributed by atoms with Crippen LogP contribution in [0.25, 0.3) is 0 Å². The van der Waals surface area contributed by atoms with Crippen molar-refractivity contribution in [1.82, 2.24) is 0 Å². The molecular weight excluding hydrogens is 489 g/mol. The molecule has 13 heteroatoms. The molecule has 0 bridgehead atoms. The van der Waals surface area contributed by atoms with Gasteiger partial charge in [-0.15, -0.1) is 0 Å². The largest absolute Gasteiger partial charge is 0.461 e. The third kappa shape index (κ3) is 6.71. The maximum absolute atomic E-state index is 14.1. The summed E-state index contributed by atoms with van der Waals surface area (Å²) in [7, 11) is -2.16. The number of ether oxygens (including phenoxy) is 1. The lowest BCUT2D eigenvalue weighted by molar-refractivity contribution is -0.253. The highest BCUT2D eigenvalue weighted by molar-refractivity contribution is 7.85. The van der Waals surface area contributed by atoms with Crippen molar-refractivity contribution < 1.29 is 48.5 Å². The average molecular weight is 505 g/mol. The molecule has 0 heterocycles. The molecule has 33 heavy (non-hydrogen) atoms. The molecule has 0 aliphatic rings. The number of hydrogen-bond acceptors (Lipinski definition) is 2. The van der Waals surface area contributed by atoms with E-state index in [1.807, 2.05) is 0 Å². The number of hydrogen-bond donors (Lipinski definition) is 0. The quantitative estimate of drug-likeness (QED) is 0.331. The summed E-state index contributed by atoms with van der Waals surface area (Å²) in [6.45, 7) is 4.37. The Morgan fingerprint density at radius 2 is 1.55 bits per heavy atom. The molecule has 0 aliphatic heterocycles. The molecule has 0 fully saturated rings. The Bertz CT molecular complexity index is 1080. The van der Waals surface area contributed by atoms with Gasteiger partial charge in [0.05, 0.1) is 16.0 Å². The maximum Gasteiger partial charge on any atom is 0.461 e. The van der Waals surface area contributed by atoms with E-state index >= 15 is 0 Å². The van der Waals surface area contributed by atoms with Crippen LogP contribution in [0.5, 0.6) is 5.75 Å². The second kappa shape index (κ2) is 9.35. The van der Waals surface area contributed by atoms with Gasteiger partial charge in [0.25, 0.3) is 0 Å². The number of benzene rings is 2. The normalized spacial score (nSPS) is 14.5. The first-order chi connectivity index (χ1) is 14.9. The molecule has 0 saturated heterocycles. The summed E-state index contributed by atoms with van der Waals surface area (Å²) >= 11 is 0. The third-order valence-electron chi connectivity index (χ3n) is 3.90. The SMILES string of the molecule is CC(C)(C)[S@@](=O)/N=C(\c1cc(F)cc(OC(F)(F)C(F)F)c1)c1ccc(F)c(C(F)(F)F)c1. The fourth-order valence-electron chi connectivity index (χ4n) is 2.34. The molecule has 0 saturated carbocycles. The van der Waals surface area contributed by atoms with Crippen molar-refractivity contribution in [3.63, 3.8) is 0 Å². The minimum Gasteiger partial charge on any atom is -0.428 e. The maximum atomic E-state index is 14.1. The summed E-state index contributed by atoms with van der Waals surface area (Å²) in [5.41, 5.74) is -3.32. The summed E-state index contributed by atoms with van der Waals surface area (Å²) < 4.78 is 138. The Morgan fingerprint density at radius 1 is 0.939 bits per heavy atom. The zero-order chi connectivity index (χ0) is 25.4. The van der Waals surface area contributed by atoms with Crippen LogP contribution in [-0.4, -0.2) is 27.2 Å². The zero-order valence-electron chi connectivity index (χ0n) is 17.1. The Kier molecular flexibility index (Phi) is 7.56. The van der Waals surface area contributed by atoms with E-state index in [1.54, 1.807) is 0 Å². The van der Waals surface area contributed by atoms with Crippen LogP contribution in [0, 0.1) is 11.6 Å². The van der Waals surface area contributed by atoms with Crippen molar-refractivity contribution in [1.29, 1.82) is 0 Å². The van der Waals surface area contributed by atoms with E-state index in [-0.39, 0.29) is 0 Å². The number of nitrogens with zero attached hydrogens (tertiary/aromatic N) is 1. The van der Waals surface area contributed by atoms with Gasteiger partial charge in [0.2, 0.25) is 0 Å². The molecule has 1 atom stereocenters. The van der Waals surface area contributed by atoms with Crippen LogP contribution in [0.4, 0.5) is 39.5 Å². The van der Waals surface area contributed by atoms with Gasteiger partial charge in [-0.25, -0.2) is 13.0 Å². The summed E-state index contributed by atoms with van der Waals surface area (Å²) in [6.07, 6.45) is -14.4. The van der Waals surface area contributed by atoms with Crippen molar-refractivity contribution in [2.45, 2.75) is 44.2 Å². The minimum absolute atomic E-state index is 0.313. The van der Waals surface area contributed by atoms with E-state index in [0.717, 1.165) is 6.07 Å². The minimum atomic E-state index is -5.14. The monoisotopic (exact) mass is 505 g/mol. The van der Waals surface area contributed by atoms with Gasteiger partial charge >= 0.3 is 18.7 Å². The van der Waals surface area contributed by atoms with Gasteiger partial charge in [-0.1, -0.05) is 0 Å². The number of rotatable bonds is 6. The van der Waals surface area contributed by atoms with Crippen LogP contribution < -0.4 is 4.74 Å². The van der Waals surface area contributed by atoms with Gasteiger partial charge in [-0.3, -0.25) is 0 Å². The van der Waals surface area contributed by atoms with Crippen LogP contribution in [-0.2, 0) is 17.2 Å². The number of alkyl halides is 7. The first kappa shape index (κ1) is 26.7. The molecular formula is C20H16F9NO2S.